The summed E-state index contributed by atoms with van der Waals surface area (Å²) >= 11 is 3.49. The summed E-state index contributed by atoms with van der Waals surface area (Å²) in [4.78, 5) is 4.14. The molecule has 2 aromatic rings. The lowest BCUT2D eigenvalue weighted by Crippen LogP contribution is -2.12. The number of aromatic nitrogens is 1. The average molecular weight is 321 g/mol. The van der Waals surface area contributed by atoms with Gasteiger partial charge in [0.05, 0.1) is 0 Å². The molecule has 0 aliphatic heterocycles. The molecule has 1 heterocycles. The molecule has 0 saturated carbocycles. The first-order valence-corrected chi connectivity index (χ1v) is 7.07. The summed E-state index contributed by atoms with van der Waals surface area (Å²) in [5, 5.41) is 3.28. The molecule has 0 aliphatic carbocycles. The van der Waals surface area contributed by atoms with Crippen LogP contribution in [0.1, 0.15) is 18.1 Å². The standard InChI is InChI=1S/C15H17BrN2O/c1-3-17-9-12-10-18-7-6-15(12)19-13-4-5-14(16)11(2)8-13/h4-8,10,17H,3,9H2,1-2H3. The number of rotatable bonds is 5. The molecule has 0 amide bonds. The van der Waals surface area contributed by atoms with Crippen LogP contribution in [0.4, 0.5) is 0 Å². The number of halogens is 1. The van der Waals surface area contributed by atoms with Crippen molar-refractivity contribution in [1.29, 1.82) is 0 Å². The molecule has 1 aromatic carbocycles. The Balaban J connectivity index is 2.20. The van der Waals surface area contributed by atoms with Gasteiger partial charge in [0.1, 0.15) is 11.5 Å². The highest BCUT2D eigenvalue weighted by Gasteiger charge is 2.05. The first-order chi connectivity index (χ1) is 9.20. The van der Waals surface area contributed by atoms with Crippen LogP contribution >= 0.6 is 15.9 Å². The van der Waals surface area contributed by atoms with Gasteiger partial charge in [-0.05, 0) is 43.3 Å². The van der Waals surface area contributed by atoms with Crippen molar-refractivity contribution < 1.29 is 4.74 Å². The van der Waals surface area contributed by atoms with E-state index in [1.807, 2.05) is 37.4 Å². The van der Waals surface area contributed by atoms with Crippen molar-refractivity contribution in [3.8, 4) is 11.5 Å². The lowest BCUT2D eigenvalue weighted by molar-refractivity contribution is 0.471. The molecular formula is C15H17BrN2O. The number of pyridine rings is 1. The zero-order valence-corrected chi connectivity index (χ0v) is 12.7. The maximum Gasteiger partial charge on any atom is 0.134 e. The Morgan fingerprint density at radius 1 is 1.32 bits per heavy atom. The minimum atomic E-state index is 0.759. The van der Waals surface area contributed by atoms with Crippen LogP contribution < -0.4 is 10.1 Å². The van der Waals surface area contributed by atoms with E-state index in [4.69, 9.17) is 4.74 Å². The monoisotopic (exact) mass is 320 g/mol. The molecule has 0 fully saturated rings. The van der Waals surface area contributed by atoms with Gasteiger partial charge >= 0.3 is 0 Å². The minimum Gasteiger partial charge on any atom is -0.457 e. The second-order valence-electron chi connectivity index (χ2n) is 4.28. The molecule has 0 radical (unpaired) electrons. The van der Waals surface area contributed by atoms with E-state index in [9.17, 15) is 0 Å². The van der Waals surface area contributed by atoms with Crippen LogP contribution in [0.5, 0.6) is 11.5 Å². The van der Waals surface area contributed by atoms with Crippen LogP contribution in [-0.4, -0.2) is 11.5 Å². The first kappa shape index (κ1) is 14.0. The molecule has 0 aliphatic rings. The number of hydrogen-bond donors (Lipinski definition) is 1. The van der Waals surface area contributed by atoms with E-state index < -0.39 is 0 Å². The Bertz CT molecular complexity index is 558. The van der Waals surface area contributed by atoms with E-state index in [0.29, 0.717) is 0 Å². The summed E-state index contributed by atoms with van der Waals surface area (Å²) in [5.41, 5.74) is 2.21. The zero-order chi connectivity index (χ0) is 13.7. The lowest BCUT2D eigenvalue weighted by Gasteiger charge is -2.11. The van der Waals surface area contributed by atoms with Gasteiger partial charge in [0.15, 0.2) is 0 Å². The smallest absolute Gasteiger partial charge is 0.134 e. The normalized spacial score (nSPS) is 10.5. The van der Waals surface area contributed by atoms with Crippen LogP contribution in [0.2, 0.25) is 0 Å². The molecule has 0 atom stereocenters. The van der Waals surface area contributed by atoms with E-state index in [1.54, 1.807) is 6.20 Å². The number of aryl methyl sites for hydroxylation is 1. The van der Waals surface area contributed by atoms with Gasteiger partial charge in [-0.15, -0.1) is 0 Å². The Morgan fingerprint density at radius 3 is 2.89 bits per heavy atom. The molecule has 100 valence electrons. The third-order valence-corrected chi connectivity index (χ3v) is 3.67. The first-order valence-electron chi connectivity index (χ1n) is 6.28. The van der Waals surface area contributed by atoms with Crippen molar-refractivity contribution in [3.63, 3.8) is 0 Å². The topological polar surface area (TPSA) is 34.2 Å². The third-order valence-electron chi connectivity index (χ3n) is 2.78. The Labute approximate surface area is 122 Å². The molecule has 1 N–H and O–H groups in total. The highest BCUT2D eigenvalue weighted by Crippen LogP contribution is 2.27. The Morgan fingerprint density at radius 2 is 2.16 bits per heavy atom. The zero-order valence-electron chi connectivity index (χ0n) is 11.1. The van der Waals surface area contributed by atoms with Crippen molar-refractivity contribution >= 4 is 15.9 Å². The fourth-order valence-electron chi connectivity index (χ4n) is 1.71. The summed E-state index contributed by atoms with van der Waals surface area (Å²) in [7, 11) is 0. The maximum absolute atomic E-state index is 5.94. The van der Waals surface area contributed by atoms with Crippen molar-refractivity contribution in [2.45, 2.75) is 20.4 Å². The van der Waals surface area contributed by atoms with Crippen molar-refractivity contribution in [3.05, 3.63) is 52.3 Å². The van der Waals surface area contributed by atoms with Crippen molar-refractivity contribution in [2.24, 2.45) is 0 Å². The largest absolute Gasteiger partial charge is 0.457 e. The van der Waals surface area contributed by atoms with E-state index in [0.717, 1.165) is 40.2 Å². The Hall–Kier alpha value is -1.39. The highest BCUT2D eigenvalue weighted by molar-refractivity contribution is 9.10. The van der Waals surface area contributed by atoms with Crippen LogP contribution in [0, 0.1) is 6.92 Å². The van der Waals surface area contributed by atoms with E-state index in [2.05, 4.69) is 33.2 Å². The van der Waals surface area contributed by atoms with Gasteiger partial charge < -0.3 is 10.1 Å². The van der Waals surface area contributed by atoms with Gasteiger partial charge in [-0.3, -0.25) is 4.98 Å². The molecule has 0 unspecified atom stereocenters. The van der Waals surface area contributed by atoms with Gasteiger partial charge in [0.25, 0.3) is 0 Å². The molecule has 0 saturated heterocycles. The molecule has 0 bridgehead atoms. The number of nitrogens with zero attached hydrogens (tertiary/aromatic N) is 1. The summed E-state index contributed by atoms with van der Waals surface area (Å²) in [6, 6.07) is 7.86. The van der Waals surface area contributed by atoms with Gasteiger partial charge in [-0.25, -0.2) is 0 Å². The lowest BCUT2D eigenvalue weighted by atomic mass is 10.2. The van der Waals surface area contributed by atoms with Crippen LogP contribution in [0.15, 0.2) is 41.1 Å². The van der Waals surface area contributed by atoms with E-state index in [1.165, 1.54) is 0 Å². The highest BCUT2D eigenvalue weighted by atomic mass is 79.9. The van der Waals surface area contributed by atoms with Crippen molar-refractivity contribution in [2.75, 3.05) is 6.54 Å². The van der Waals surface area contributed by atoms with Crippen LogP contribution in [0.25, 0.3) is 0 Å². The quantitative estimate of drug-likeness (QED) is 0.902. The van der Waals surface area contributed by atoms with E-state index >= 15 is 0 Å². The number of nitrogens with one attached hydrogen (secondary N) is 1. The molecule has 0 spiro atoms. The van der Waals surface area contributed by atoms with Crippen molar-refractivity contribution in [1.82, 2.24) is 10.3 Å². The molecule has 1 aromatic heterocycles. The van der Waals surface area contributed by atoms with Gasteiger partial charge in [-0.2, -0.15) is 0 Å². The maximum atomic E-state index is 5.94. The molecular weight excluding hydrogens is 304 g/mol. The summed E-state index contributed by atoms with van der Waals surface area (Å²) in [5.74, 6) is 1.68. The van der Waals surface area contributed by atoms with E-state index in [-0.39, 0.29) is 0 Å². The summed E-state index contributed by atoms with van der Waals surface area (Å²) < 4.78 is 7.03. The SMILES string of the molecule is CCNCc1cnccc1Oc1ccc(Br)c(C)c1. The second-order valence-corrected chi connectivity index (χ2v) is 5.13. The second kappa shape index (κ2) is 6.68. The number of benzene rings is 1. The molecule has 19 heavy (non-hydrogen) atoms. The predicted molar refractivity (Wildman–Crippen MR) is 80.6 cm³/mol. The van der Waals surface area contributed by atoms with Crippen LogP contribution in [-0.2, 0) is 6.54 Å². The Kier molecular flexibility index (Phi) is 4.93. The summed E-state index contributed by atoms with van der Waals surface area (Å²) in [6.07, 6.45) is 3.58. The minimum absolute atomic E-state index is 0.759. The predicted octanol–water partition coefficient (Wildman–Crippen LogP) is 4.05. The fourth-order valence-corrected chi connectivity index (χ4v) is 1.96. The third kappa shape index (κ3) is 3.78. The fraction of sp³-hybridized carbons (Fsp3) is 0.267. The summed E-state index contributed by atoms with van der Waals surface area (Å²) in [6.45, 7) is 5.80. The average Bonchev–Trinajstić information content (AvgIpc) is 2.42. The molecule has 2 rings (SSSR count). The van der Waals surface area contributed by atoms with Crippen LogP contribution in [0.3, 0.4) is 0 Å². The number of ether oxygens (including phenoxy) is 1. The van der Waals surface area contributed by atoms with Gasteiger partial charge in [0.2, 0.25) is 0 Å². The molecule has 3 nitrogen and oxygen atoms in total. The number of hydrogen-bond acceptors (Lipinski definition) is 3. The van der Waals surface area contributed by atoms with Gasteiger partial charge in [-0.1, -0.05) is 22.9 Å². The molecule has 4 heteroatoms. The van der Waals surface area contributed by atoms with Gasteiger partial charge in [0, 0.05) is 29.0 Å².